The molecule has 164 valence electrons. The number of aromatic nitrogens is 4. The lowest BCUT2D eigenvalue weighted by Crippen LogP contribution is -2.29. The second-order valence-electron chi connectivity index (χ2n) is 5.81. The smallest absolute Gasteiger partial charge is 0.347 e. The third-order valence-corrected chi connectivity index (χ3v) is 5.83. The first-order valence-corrected chi connectivity index (χ1v) is 11.8. The van der Waals surface area contributed by atoms with Gasteiger partial charge in [0.1, 0.15) is 0 Å². The molecule has 0 aliphatic heterocycles. The number of esters is 1. The number of nitrogens with two attached hydrogens (primary N) is 1. The van der Waals surface area contributed by atoms with Gasteiger partial charge in [0.15, 0.2) is 10.9 Å². The Morgan fingerprint density at radius 2 is 2.10 bits per heavy atom. The first kappa shape index (κ1) is 24.2. The van der Waals surface area contributed by atoms with Crippen LogP contribution < -0.4 is 10.6 Å². The average Bonchev–Trinajstić information content (AvgIpc) is 3.25. The minimum absolute atomic E-state index is 0.185. The van der Waals surface area contributed by atoms with Crippen LogP contribution in [-0.4, -0.2) is 51.0 Å². The molecule has 3 N–H and O–H groups in total. The number of ether oxygens (including phenoxy) is 1. The van der Waals surface area contributed by atoms with Crippen LogP contribution in [0.5, 0.6) is 0 Å². The first-order valence-electron chi connectivity index (χ1n) is 8.48. The Labute approximate surface area is 186 Å². The monoisotopic (exact) mass is 483 g/mol. The Morgan fingerprint density at radius 1 is 1.39 bits per heavy atom. The number of nitrogens with zero attached hydrogens (tertiary/aromatic N) is 7. The lowest BCUT2D eigenvalue weighted by molar-refractivity contribution is -0.148. The number of anilines is 1. The number of sulfonamides is 1. The van der Waals surface area contributed by atoms with Crippen molar-refractivity contribution in [2.75, 3.05) is 11.2 Å². The topological polar surface area (TPSA) is 163 Å². The molecule has 31 heavy (non-hydrogen) atoms. The van der Waals surface area contributed by atoms with E-state index < -0.39 is 45.3 Å². The van der Waals surface area contributed by atoms with Gasteiger partial charge in [-0.05, 0) is 19.6 Å². The SMILES string of the molecule is [C-]#[N+]c1nc(C(=NNc2nnc(SCC)s2)S(N)(=O)=O)n(CC(=O)OC(C)C)c1[N+]#[C-]. The summed E-state index contributed by atoms with van der Waals surface area (Å²) in [5.74, 6) is -1.21. The molecule has 0 spiro atoms. The van der Waals surface area contributed by atoms with Gasteiger partial charge in [-0.1, -0.05) is 48.2 Å². The van der Waals surface area contributed by atoms with E-state index in [2.05, 4.69) is 35.4 Å². The summed E-state index contributed by atoms with van der Waals surface area (Å²) in [6.07, 6.45) is -0.447. The fourth-order valence-corrected chi connectivity index (χ4v) is 4.31. The molecule has 0 amide bonds. The molecule has 0 radical (unpaired) electrons. The van der Waals surface area contributed by atoms with Gasteiger partial charge in [-0.15, -0.1) is 10.2 Å². The summed E-state index contributed by atoms with van der Waals surface area (Å²) in [4.78, 5) is 22.3. The van der Waals surface area contributed by atoms with Crippen LogP contribution in [0.1, 0.15) is 26.6 Å². The van der Waals surface area contributed by atoms with Gasteiger partial charge in [-0.25, -0.2) is 23.8 Å². The number of carbonyl (C=O) groups excluding carboxylic acids is 1. The number of hydrogen-bond acceptors (Lipinski definition) is 11. The summed E-state index contributed by atoms with van der Waals surface area (Å²) in [6, 6.07) is 0. The van der Waals surface area contributed by atoms with E-state index >= 15 is 0 Å². The molecule has 0 bridgehead atoms. The zero-order valence-electron chi connectivity index (χ0n) is 16.6. The van der Waals surface area contributed by atoms with Gasteiger partial charge in [0.2, 0.25) is 5.13 Å². The van der Waals surface area contributed by atoms with Gasteiger partial charge in [0.25, 0.3) is 26.7 Å². The normalized spacial score (nSPS) is 11.8. The second-order valence-corrected chi connectivity index (χ2v) is 9.78. The molecule has 2 heterocycles. The Hall–Kier alpha value is -3.05. The van der Waals surface area contributed by atoms with E-state index in [1.807, 2.05) is 6.92 Å². The molecule has 2 rings (SSSR count). The third-order valence-electron chi connectivity index (χ3n) is 3.18. The largest absolute Gasteiger partial charge is 0.460 e. The van der Waals surface area contributed by atoms with Gasteiger partial charge in [0.05, 0.1) is 6.10 Å². The molecular formula is C15H17N9O4S3. The quantitative estimate of drug-likeness (QED) is 0.143. The Balaban J connectivity index is 2.55. The maximum absolute atomic E-state index is 12.2. The molecule has 16 heteroatoms. The third kappa shape index (κ3) is 6.22. The minimum Gasteiger partial charge on any atom is -0.460 e. The second kappa shape index (κ2) is 10.3. The van der Waals surface area contributed by atoms with E-state index in [-0.39, 0.29) is 10.9 Å². The van der Waals surface area contributed by atoms with Crippen molar-refractivity contribution in [3.05, 3.63) is 28.7 Å². The number of rotatable bonds is 8. The lowest BCUT2D eigenvalue weighted by Gasteiger charge is -2.09. The van der Waals surface area contributed by atoms with E-state index in [0.29, 0.717) is 4.34 Å². The highest BCUT2D eigenvalue weighted by atomic mass is 32.2. The number of imidazole rings is 1. The molecule has 0 saturated carbocycles. The molecule has 0 aliphatic rings. The minimum atomic E-state index is -4.50. The van der Waals surface area contributed by atoms with Gasteiger partial charge in [-0.3, -0.25) is 4.57 Å². The number of nitrogens with one attached hydrogen (secondary N) is 1. The highest BCUT2D eigenvalue weighted by Gasteiger charge is 2.34. The highest BCUT2D eigenvalue weighted by molar-refractivity contribution is 8.05. The average molecular weight is 484 g/mol. The lowest BCUT2D eigenvalue weighted by atomic mass is 10.4. The van der Waals surface area contributed by atoms with Crippen LogP contribution in [0.25, 0.3) is 9.69 Å². The zero-order valence-corrected chi connectivity index (χ0v) is 19.0. The van der Waals surface area contributed by atoms with E-state index in [0.717, 1.165) is 21.7 Å². The summed E-state index contributed by atoms with van der Waals surface area (Å²) in [5.41, 5.74) is 2.44. The molecule has 0 aromatic carbocycles. The van der Waals surface area contributed by atoms with Crippen molar-refractivity contribution in [2.45, 2.75) is 37.8 Å². The van der Waals surface area contributed by atoms with Crippen molar-refractivity contribution in [3.8, 4) is 0 Å². The Morgan fingerprint density at radius 3 is 2.65 bits per heavy atom. The fourth-order valence-electron chi connectivity index (χ4n) is 2.14. The summed E-state index contributed by atoms with van der Waals surface area (Å²) < 4.78 is 31.1. The molecule has 0 unspecified atom stereocenters. The molecule has 0 fully saturated rings. The van der Waals surface area contributed by atoms with E-state index in [1.54, 1.807) is 13.8 Å². The van der Waals surface area contributed by atoms with Crippen LogP contribution in [0.2, 0.25) is 0 Å². The summed E-state index contributed by atoms with van der Waals surface area (Å²) >= 11 is 2.57. The number of primary sulfonamides is 1. The molecular weight excluding hydrogens is 466 g/mol. The Kier molecular flexibility index (Phi) is 8.06. The Bertz CT molecular complexity index is 1190. The molecule has 0 saturated heterocycles. The van der Waals surface area contributed by atoms with Crippen molar-refractivity contribution in [3.63, 3.8) is 0 Å². The molecule has 13 nitrogen and oxygen atoms in total. The van der Waals surface area contributed by atoms with Gasteiger partial charge in [0, 0.05) is 0 Å². The van der Waals surface area contributed by atoms with Crippen LogP contribution in [0, 0.1) is 13.1 Å². The summed E-state index contributed by atoms with van der Waals surface area (Å²) in [5, 5.41) is 16.2. The maximum atomic E-state index is 12.2. The maximum Gasteiger partial charge on any atom is 0.347 e. The van der Waals surface area contributed by atoms with Crippen LogP contribution >= 0.6 is 23.1 Å². The predicted molar refractivity (Wildman–Crippen MR) is 116 cm³/mol. The standard InChI is InChI=1S/C15H17N9O4S3/c1-6-29-15-23-22-14(30-15)21-20-13(31(16,26)27)12-19-10(17-4)11(18-5)24(12)7-9(25)28-8(2)3/h8H,6-7H2,1-3H3,(H,21,22)(H2,16,26,27). The van der Waals surface area contributed by atoms with E-state index in [1.165, 1.54) is 11.8 Å². The number of carbonyl (C=O) groups is 1. The van der Waals surface area contributed by atoms with Crippen molar-refractivity contribution >= 4 is 60.9 Å². The van der Waals surface area contributed by atoms with Crippen LogP contribution in [-0.2, 0) is 26.1 Å². The van der Waals surface area contributed by atoms with Crippen molar-refractivity contribution in [1.82, 2.24) is 19.7 Å². The highest BCUT2D eigenvalue weighted by Crippen LogP contribution is 2.30. The van der Waals surface area contributed by atoms with Crippen molar-refractivity contribution in [1.29, 1.82) is 0 Å². The summed E-state index contributed by atoms with van der Waals surface area (Å²) in [7, 11) is -4.50. The fraction of sp³-hybridized carbons (Fsp3) is 0.400. The van der Waals surface area contributed by atoms with Crippen LogP contribution in [0.4, 0.5) is 16.8 Å². The van der Waals surface area contributed by atoms with Crippen molar-refractivity contribution < 1.29 is 17.9 Å². The number of thioether (sulfide) groups is 1. The predicted octanol–water partition coefficient (Wildman–Crippen LogP) is 1.96. The molecule has 0 aliphatic carbocycles. The van der Waals surface area contributed by atoms with Crippen LogP contribution in [0.15, 0.2) is 9.44 Å². The van der Waals surface area contributed by atoms with Gasteiger partial charge in [-0.2, -0.15) is 5.10 Å². The molecule has 2 aromatic rings. The van der Waals surface area contributed by atoms with Crippen LogP contribution in [0.3, 0.4) is 0 Å². The van der Waals surface area contributed by atoms with Crippen molar-refractivity contribution in [2.24, 2.45) is 10.2 Å². The molecule has 2 aromatic heterocycles. The summed E-state index contributed by atoms with van der Waals surface area (Å²) in [6.45, 7) is 19.1. The number of hydrogen-bond donors (Lipinski definition) is 2. The van der Waals surface area contributed by atoms with Gasteiger partial charge < -0.3 is 14.4 Å². The van der Waals surface area contributed by atoms with Gasteiger partial charge >= 0.3 is 11.8 Å². The first-order chi connectivity index (χ1) is 14.6. The van der Waals surface area contributed by atoms with E-state index in [9.17, 15) is 13.2 Å². The number of hydrazone groups is 1. The zero-order chi connectivity index (χ0) is 23.2. The molecule has 0 atom stereocenters. The van der Waals surface area contributed by atoms with E-state index in [4.69, 9.17) is 23.0 Å².